The number of halogens is 1. The minimum absolute atomic E-state index is 0.336. The first kappa shape index (κ1) is 11.7. The molecule has 0 saturated heterocycles. The fourth-order valence-corrected chi connectivity index (χ4v) is 1.53. The molecule has 0 aromatic carbocycles. The molecular weight excluding hydrogens is 240 g/mol. The van der Waals surface area contributed by atoms with Crippen LogP contribution in [0.3, 0.4) is 0 Å². The van der Waals surface area contributed by atoms with E-state index in [0.29, 0.717) is 23.4 Å². The molecule has 0 saturated carbocycles. The van der Waals surface area contributed by atoms with Crippen molar-refractivity contribution in [3.63, 3.8) is 0 Å². The van der Waals surface area contributed by atoms with Crippen molar-refractivity contribution in [3.8, 4) is 11.6 Å². The molecule has 0 radical (unpaired) electrons. The average Bonchev–Trinajstić information content (AvgIpc) is 2.38. The predicted octanol–water partition coefficient (Wildman–Crippen LogP) is 2.72. The Hall–Kier alpha value is -1.81. The molecule has 0 amide bonds. The molecular formula is C12H11ClN2O2. The van der Waals surface area contributed by atoms with E-state index in [2.05, 4.69) is 9.97 Å². The highest BCUT2D eigenvalue weighted by atomic mass is 35.5. The number of rotatable bonds is 4. The molecule has 0 N–H and O–H groups in total. The lowest BCUT2D eigenvalue weighted by molar-refractivity contribution is 0.293. The molecule has 0 fully saturated rings. The van der Waals surface area contributed by atoms with Crippen LogP contribution in [0.25, 0.3) is 0 Å². The van der Waals surface area contributed by atoms with Crippen LogP contribution in [0.1, 0.15) is 5.56 Å². The van der Waals surface area contributed by atoms with Gasteiger partial charge in [0.2, 0.25) is 5.88 Å². The smallest absolute Gasteiger partial charge is 0.219 e. The van der Waals surface area contributed by atoms with Crippen LogP contribution in [0.4, 0.5) is 0 Å². The van der Waals surface area contributed by atoms with E-state index in [1.165, 1.54) is 0 Å². The normalized spacial score (nSPS) is 10.0. The Morgan fingerprint density at radius 1 is 1.18 bits per heavy atom. The summed E-state index contributed by atoms with van der Waals surface area (Å²) in [4.78, 5) is 8.01. The number of nitrogens with zero attached hydrogens (tertiary/aromatic N) is 2. The van der Waals surface area contributed by atoms with Gasteiger partial charge in [-0.2, -0.15) is 0 Å². The quantitative estimate of drug-likeness (QED) is 0.783. The third-order valence-electron chi connectivity index (χ3n) is 2.15. The lowest BCUT2D eigenvalue weighted by Crippen LogP contribution is -2.00. The van der Waals surface area contributed by atoms with E-state index in [9.17, 15) is 0 Å². The van der Waals surface area contributed by atoms with E-state index in [-0.39, 0.29) is 0 Å². The Kier molecular flexibility index (Phi) is 3.77. The minimum Gasteiger partial charge on any atom is -0.485 e. The standard InChI is InChI=1S/C12H11ClN2O2/c1-16-12-9(4-2-7-15-12)8-17-10-5-3-6-14-11(10)13/h2-7H,8H2,1H3. The first-order valence-electron chi connectivity index (χ1n) is 5.02. The fourth-order valence-electron chi connectivity index (χ4n) is 1.35. The van der Waals surface area contributed by atoms with Crippen LogP contribution in [-0.4, -0.2) is 17.1 Å². The van der Waals surface area contributed by atoms with Gasteiger partial charge < -0.3 is 9.47 Å². The maximum Gasteiger partial charge on any atom is 0.219 e. The van der Waals surface area contributed by atoms with Gasteiger partial charge in [-0.25, -0.2) is 9.97 Å². The van der Waals surface area contributed by atoms with E-state index >= 15 is 0 Å². The summed E-state index contributed by atoms with van der Waals surface area (Å²) in [7, 11) is 1.57. The monoisotopic (exact) mass is 250 g/mol. The summed E-state index contributed by atoms with van der Waals surface area (Å²) >= 11 is 5.88. The lowest BCUT2D eigenvalue weighted by Gasteiger charge is -2.09. The van der Waals surface area contributed by atoms with Crippen LogP contribution in [0, 0.1) is 0 Å². The zero-order valence-electron chi connectivity index (χ0n) is 9.26. The number of methoxy groups -OCH3 is 1. The van der Waals surface area contributed by atoms with E-state index in [1.54, 1.807) is 31.6 Å². The molecule has 4 nitrogen and oxygen atoms in total. The highest BCUT2D eigenvalue weighted by Gasteiger charge is 2.06. The number of pyridine rings is 2. The van der Waals surface area contributed by atoms with Crippen molar-refractivity contribution >= 4 is 11.6 Å². The maximum atomic E-state index is 5.88. The van der Waals surface area contributed by atoms with Crippen LogP contribution in [0.15, 0.2) is 36.7 Å². The van der Waals surface area contributed by atoms with Crippen molar-refractivity contribution in [1.82, 2.24) is 9.97 Å². The molecule has 0 unspecified atom stereocenters. The molecule has 2 heterocycles. The molecule has 2 aromatic heterocycles. The summed E-state index contributed by atoms with van der Waals surface area (Å²) < 4.78 is 10.7. The highest BCUT2D eigenvalue weighted by Crippen LogP contribution is 2.23. The van der Waals surface area contributed by atoms with Gasteiger partial charge in [0.25, 0.3) is 0 Å². The molecule has 2 rings (SSSR count). The van der Waals surface area contributed by atoms with Gasteiger partial charge in [0.1, 0.15) is 6.61 Å². The Balaban J connectivity index is 2.10. The van der Waals surface area contributed by atoms with Crippen LogP contribution in [0.2, 0.25) is 5.15 Å². The highest BCUT2D eigenvalue weighted by molar-refractivity contribution is 6.30. The van der Waals surface area contributed by atoms with Gasteiger partial charge in [-0.15, -0.1) is 0 Å². The van der Waals surface area contributed by atoms with Crippen molar-refractivity contribution in [2.75, 3.05) is 7.11 Å². The van der Waals surface area contributed by atoms with Gasteiger partial charge in [-0.05, 0) is 24.3 Å². The van der Waals surface area contributed by atoms with Crippen molar-refractivity contribution < 1.29 is 9.47 Å². The zero-order chi connectivity index (χ0) is 12.1. The first-order chi connectivity index (χ1) is 8.31. The molecule has 0 spiro atoms. The summed E-state index contributed by atoms with van der Waals surface area (Å²) in [5, 5.41) is 0.343. The molecule has 0 atom stereocenters. The van der Waals surface area contributed by atoms with Crippen molar-refractivity contribution in [1.29, 1.82) is 0 Å². The van der Waals surface area contributed by atoms with Gasteiger partial charge in [0, 0.05) is 12.4 Å². The molecule has 88 valence electrons. The third kappa shape index (κ3) is 2.85. The minimum atomic E-state index is 0.336. The van der Waals surface area contributed by atoms with E-state index in [1.807, 2.05) is 12.1 Å². The number of ether oxygens (including phenoxy) is 2. The van der Waals surface area contributed by atoms with Gasteiger partial charge in [0.15, 0.2) is 10.9 Å². The van der Waals surface area contributed by atoms with Crippen molar-refractivity contribution in [2.24, 2.45) is 0 Å². The summed E-state index contributed by atoms with van der Waals surface area (Å²) in [5.74, 6) is 1.09. The van der Waals surface area contributed by atoms with E-state index < -0.39 is 0 Å². The summed E-state index contributed by atoms with van der Waals surface area (Å²) in [6.07, 6.45) is 3.28. The number of hydrogen-bond acceptors (Lipinski definition) is 4. The van der Waals surface area contributed by atoms with Crippen LogP contribution in [-0.2, 0) is 6.61 Å². The Morgan fingerprint density at radius 2 is 1.94 bits per heavy atom. The summed E-state index contributed by atoms with van der Waals surface area (Å²) in [5.41, 5.74) is 0.856. The van der Waals surface area contributed by atoms with Gasteiger partial charge in [-0.3, -0.25) is 0 Å². The number of hydrogen-bond donors (Lipinski definition) is 0. The Morgan fingerprint density at radius 3 is 2.71 bits per heavy atom. The molecule has 2 aromatic rings. The van der Waals surface area contributed by atoms with Gasteiger partial charge >= 0.3 is 0 Å². The second-order valence-corrected chi connectivity index (χ2v) is 3.61. The summed E-state index contributed by atoms with van der Waals surface area (Å²) in [6.45, 7) is 0.336. The topological polar surface area (TPSA) is 44.2 Å². The van der Waals surface area contributed by atoms with Gasteiger partial charge in [-0.1, -0.05) is 11.6 Å². The molecule has 17 heavy (non-hydrogen) atoms. The second kappa shape index (κ2) is 5.50. The SMILES string of the molecule is COc1ncccc1COc1cccnc1Cl. The predicted molar refractivity (Wildman–Crippen MR) is 64.4 cm³/mol. The first-order valence-corrected chi connectivity index (χ1v) is 5.40. The summed E-state index contributed by atoms with van der Waals surface area (Å²) in [6, 6.07) is 7.24. The van der Waals surface area contributed by atoms with E-state index in [4.69, 9.17) is 21.1 Å². The second-order valence-electron chi connectivity index (χ2n) is 3.25. The zero-order valence-corrected chi connectivity index (χ0v) is 10.0. The van der Waals surface area contributed by atoms with Crippen LogP contribution >= 0.6 is 11.6 Å². The number of aromatic nitrogens is 2. The molecule has 5 heteroatoms. The van der Waals surface area contributed by atoms with E-state index in [0.717, 1.165) is 5.56 Å². The molecule has 0 aliphatic rings. The van der Waals surface area contributed by atoms with Crippen molar-refractivity contribution in [2.45, 2.75) is 6.61 Å². The largest absolute Gasteiger partial charge is 0.485 e. The Labute approximate surface area is 104 Å². The van der Waals surface area contributed by atoms with Gasteiger partial charge in [0.05, 0.1) is 12.7 Å². The third-order valence-corrected chi connectivity index (χ3v) is 2.44. The maximum absolute atomic E-state index is 5.88. The lowest BCUT2D eigenvalue weighted by atomic mass is 10.3. The van der Waals surface area contributed by atoms with Crippen LogP contribution < -0.4 is 9.47 Å². The molecule has 0 aliphatic heterocycles. The average molecular weight is 251 g/mol. The molecule has 0 aliphatic carbocycles. The van der Waals surface area contributed by atoms with Crippen LogP contribution in [0.5, 0.6) is 11.6 Å². The fraction of sp³-hybridized carbons (Fsp3) is 0.167. The molecule has 0 bridgehead atoms. The Bertz CT molecular complexity index is 505. The van der Waals surface area contributed by atoms with Crippen molar-refractivity contribution in [3.05, 3.63) is 47.4 Å².